The SMILES string of the molecule is CNCC(C)NC(=O)N1CCCC(C(O)(CCCCOC)c2ccccc2Oc2ccccc2Cl)C1. The molecule has 7 nitrogen and oxygen atoms in total. The smallest absolute Gasteiger partial charge is 0.317 e. The summed E-state index contributed by atoms with van der Waals surface area (Å²) in [6.45, 7) is 4.45. The zero-order valence-corrected chi connectivity index (χ0v) is 22.4. The number of unbranched alkanes of at least 4 members (excludes halogenated alkanes) is 1. The molecule has 3 N–H and O–H groups in total. The Balaban J connectivity index is 1.89. The number of benzene rings is 2. The van der Waals surface area contributed by atoms with Gasteiger partial charge in [0.25, 0.3) is 0 Å². The van der Waals surface area contributed by atoms with E-state index in [9.17, 15) is 9.90 Å². The van der Waals surface area contributed by atoms with Gasteiger partial charge < -0.3 is 30.1 Å². The van der Waals surface area contributed by atoms with Gasteiger partial charge >= 0.3 is 6.03 Å². The highest BCUT2D eigenvalue weighted by Gasteiger charge is 2.43. The molecule has 0 aromatic heterocycles. The Kier molecular flexibility index (Phi) is 10.9. The minimum absolute atomic E-state index is 0.0144. The van der Waals surface area contributed by atoms with Gasteiger partial charge in [0, 0.05) is 50.9 Å². The molecule has 1 aliphatic rings. The summed E-state index contributed by atoms with van der Waals surface area (Å²) in [6.07, 6.45) is 3.80. The van der Waals surface area contributed by atoms with E-state index in [2.05, 4.69) is 10.6 Å². The average molecular weight is 518 g/mol. The molecule has 0 bridgehead atoms. The van der Waals surface area contributed by atoms with Gasteiger partial charge in [-0.1, -0.05) is 41.9 Å². The van der Waals surface area contributed by atoms with Crippen molar-refractivity contribution in [2.24, 2.45) is 5.92 Å². The molecule has 1 aliphatic heterocycles. The van der Waals surface area contributed by atoms with E-state index in [1.807, 2.05) is 61.3 Å². The summed E-state index contributed by atoms with van der Waals surface area (Å²) in [4.78, 5) is 14.8. The number of halogens is 1. The molecule has 2 aromatic carbocycles. The molecule has 0 spiro atoms. The Labute approximate surface area is 220 Å². The summed E-state index contributed by atoms with van der Waals surface area (Å²) in [6, 6.07) is 14.8. The lowest BCUT2D eigenvalue weighted by atomic mass is 9.73. The molecule has 3 unspecified atom stereocenters. The van der Waals surface area contributed by atoms with E-state index in [0.29, 0.717) is 49.2 Å². The second-order valence-corrected chi connectivity index (χ2v) is 10.0. The molecule has 198 valence electrons. The first kappa shape index (κ1) is 28.3. The summed E-state index contributed by atoms with van der Waals surface area (Å²) >= 11 is 6.37. The second-order valence-electron chi connectivity index (χ2n) is 9.60. The Morgan fingerprint density at radius 3 is 2.64 bits per heavy atom. The molecule has 3 rings (SSSR count). The number of urea groups is 1. The summed E-state index contributed by atoms with van der Waals surface area (Å²) in [5, 5.41) is 19.0. The number of amides is 2. The van der Waals surface area contributed by atoms with Crippen LogP contribution in [0.2, 0.25) is 5.02 Å². The van der Waals surface area contributed by atoms with Crippen LogP contribution < -0.4 is 15.4 Å². The average Bonchev–Trinajstić information content (AvgIpc) is 2.88. The summed E-state index contributed by atoms with van der Waals surface area (Å²) in [5.74, 6) is 0.968. The van der Waals surface area contributed by atoms with E-state index in [1.165, 1.54) is 0 Å². The van der Waals surface area contributed by atoms with Crippen LogP contribution in [0.3, 0.4) is 0 Å². The first-order valence-corrected chi connectivity index (χ1v) is 13.2. The quantitative estimate of drug-likeness (QED) is 0.338. The molecule has 3 atom stereocenters. The number of likely N-dealkylation sites (N-methyl/N-ethyl adjacent to an activating group) is 1. The molecule has 0 radical (unpaired) electrons. The van der Waals surface area contributed by atoms with Crippen LogP contribution >= 0.6 is 11.6 Å². The molecule has 1 fully saturated rings. The van der Waals surface area contributed by atoms with Gasteiger partial charge in [-0.15, -0.1) is 0 Å². The highest BCUT2D eigenvalue weighted by Crippen LogP contribution is 2.44. The fourth-order valence-corrected chi connectivity index (χ4v) is 5.14. The van der Waals surface area contributed by atoms with Crippen LogP contribution in [0.15, 0.2) is 48.5 Å². The number of carbonyl (C=O) groups excluding carboxylic acids is 1. The van der Waals surface area contributed by atoms with Crippen LogP contribution in [0, 0.1) is 5.92 Å². The van der Waals surface area contributed by atoms with Crippen LogP contribution in [-0.2, 0) is 10.3 Å². The minimum atomic E-state index is -1.18. The standard InChI is InChI=1S/C28H40ClN3O4/c1-21(19-30-2)31-27(33)32-17-10-11-22(20-32)28(34,16-8-9-18-35-3)23-12-4-6-14-25(23)36-26-15-7-5-13-24(26)29/h4-7,12-15,21-22,30,34H,8-11,16-20H2,1-3H3,(H,31,33). The van der Waals surface area contributed by atoms with E-state index < -0.39 is 5.60 Å². The molecule has 36 heavy (non-hydrogen) atoms. The maximum atomic E-state index is 13.0. The van der Waals surface area contributed by atoms with E-state index in [-0.39, 0.29) is 18.0 Å². The number of aliphatic hydroxyl groups is 1. The maximum absolute atomic E-state index is 13.0. The number of piperidine rings is 1. The van der Waals surface area contributed by atoms with Gasteiger partial charge in [0.1, 0.15) is 11.5 Å². The minimum Gasteiger partial charge on any atom is -0.455 e. The largest absolute Gasteiger partial charge is 0.455 e. The number of likely N-dealkylation sites (tertiary alicyclic amines) is 1. The number of para-hydroxylation sites is 2. The number of methoxy groups -OCH3 is 1. The van der Waals surface area contributed by atoms with Crippen LogP contribution in [0.4, 0.5) is 4.79 Å². The van der Waals surface area contributed by atoms with Crippen molar-refractivity contribution >= 4 is 17.6 Å². The number of nitrogens with zero attached hydrogens (tertiary/aromatic N) is 1. The van der Waals surface area contributed by atoms with Gasteiger partial charge in [-0.05, 0) is 64.3 Å². The lowest BCUT2D eigenvalue weighted by Crippen LogP contribution is -2.53. The molecule has 2 aromatic rings. The normalized spacial score (nSPS) is 18.4. The van der Waals surface area contributed by atoms with Gasteiger partial charge in [-0.3, -0.25) is 0 Å². The zero-order chi connectivity index (χ0) is 26.0. The van der Waals surface area contributed by atoms with Crippen molar-refractivity contribution in [2.75, 3.05) is 40.4 Å². The van der Waals surface area contributed by atoms with Crippen LogP contribution in [0.1, 0.15) is 44.6 Å². The van der Waals surface area contributed by atoms with E-state index in [4.69, 9.17) is 21.1 Å². The van der Waals surface area contributed by atoms with Gasteiger partial charge in [-0.25, -0.2) is 4.79 Å². The first-order valence-electron chi connectivity index (χ1n) is 12.8. The Morgan fingerprint density at radius 1 is 1.19 bits per heavy atom. The molecule has 1 heterocycles. The first-order chi connectivity index (χ1) is 17.4. The molecule has 8 heteroatoms. The predicted octanol–water partition coefficient (Wildman–Crippen LogP) is 5.17. The molecule has 0 aliphatic carbocycles. The van der Waals surface area contributed by atoms with Crippen molar-refractivity contribution < 1.29 is 19.4 Å². The molecule has 1 saturated heterocycles. The number of rotatable bonds is 12. The van der Waals surface area contributed by atoms with Crippen molar-refractivity contribution in [3.63, 3.8) is 0 Å². The highest BCUT2D eigenvalue weighted by atomic mass is 35.5. The van der Waals surface area contributed by atoms with Gasteiger partial charge in [0.15, 0.2) is 0 Å². The van der Waals surface area contributed by atoms with Crippen LogP contribution in [-0.4, -0.2) is 62.5 Å². The predicted molar refractivity (Wildman–Crippen MR) is 144 cm³/mol. The van der Waals surface area contributed by atoms with Gasteiger partial charge in [0.05, 0.1) is 10.6 Å². The van der Waals surface area contributed by atoms with Crippen molar-refractivity contribution in [1.82, 2.24) is 15.5 Å². The Hall–Kier alpha value is -2.32. The Bertz CT molecular complexity index is 975. The summed E-state index contributed by atoms with van der Waals surface area (Å²) in [7, 11) is 3.55. The zero-order valence-electron chi connectivity index (χ0n) is 21.6. The number of hydrogen-bond acceptors (Lipinski definition) is 5. The fourth-order valence-electron chi connectivity index (χ4n) is 4.97. The summed E-state index contributed by atoms with van der Waals surface area (Å²) in [5.41, 5.74) is -0.459. The van der Waals surface area contributed by atoms with Gasteiger partial charge in [-0.2, -0.15) is 0 Å². The molecule has 0 saturated carbocycles. The maximum Gasteiger partial charge on any atom is 0.317 e. The topological polar surface area (TPSA) is 83.1 Å². The number of ether oxygens (including phenoxy) is 2. The van der Waals surface area contributed by atoms with Crippen LogP contribution in [0.25, 0.3) is 0 Å². The molecular formula is C28H40ClN3O4. The third-order valence-corrected chi connectivity index (χ3v) is 7.14. The third-order valence-electron chi connectivity index (χ3n) is 6.83. The Morgan fingerprint density at radius 2 is 1.92 bits per heavy atom. The van der Waals surface area contributed by atoms with E-state index in [0.717, 1.165) is 31.2 Å². The lowest BCUT2D eigenvalue weighted by Gasteiger charge is -2.43. The van der Waals surface area contributed by atoms with Crippen LogP contribution in [0.5, 0.6) is 11.5 Å². The third kappa shape index (κ3) is 7.35. The van der Waals surface area contributed by atoms with Crippen molar-refractivity contribution in [3.05, 3.63) is 59.1 Å². The molecule has 2 amide bonds. The van der Waals surface area contributed by atoms with E-state index in [1.54, 1.807) is 13.2 Å². The number of carbonyl (C=O) groups is 1. The highest BCUT2D eigenvalue weighted by molar-refractivity contribution is 6.32. The van der Waals surface area contributed by atoms with Crippen molar-refractivity contribution in [3.8, 4) is 11.5 Å². The molecular weight excluding hydrogens is 478 g/mol. The van der Waals surface area contributed by atoms with Gasteiger partial charge in [0.2, 0.25) is 0 Å². The van der Waals surface area contributed by atoms with Crippen molar-refractivity contribution in [1.29, 1.82) is 0 Å². The van der Waals surface area contributed by atoms with E-state index >= 15 is 0 Å². The number of nitrogens with one attached hydrogen (secondary N) is 2. The lowest BCUT2D eigenvalue weighted by molar-refractivity contribution is -0.0574. The monoisotopic (exact) mass is 517 g/mol. The summed E-state index contributed by atoms with van der Waals surface area (Å²) < 4.78 is 11.5. The number of hydrogen-bond donors (Lipinski definition) is 3. The van der Waals surface area contributed by atoms with Crippen molar-refractivity contribution in [2.45, 2.75) is 50.7 Å². The fraction of sp³-hybridized carbons (Fsp3) is 0.536. The second kappa shape index (κ2) is 13.8.